The highest BCUT2D eigenvalue weighted by Crippen LogP contribution is 2.46. The fourth-order valence-electron chi connectivity index (χ4n) is 5.01. The van der Waals surface area contributed by atoms with Crippen LogP contribution < -0.4 is 4.74 Å². The number of hydrogen-bond donors (Lipinski definition) is 0. The van der Waals surface area contributed by atoms with Crippen LogP contribution in [0.3, 0.4) is 0 Å². The van der Waals surface area contributed by atoms with Crippen LogP contribution in [0.15, 0.2) is 77.8 Å². The smallest absolute Gasteiger partial charge is 0.422 e. The van der Waals surface area contributed by atoms with Crippen molar-refractivity contribution in [1.82, 2.24) is 3.97 Å². The van der Waals surface area contributed by atoms with E-state index >= 15 is 0 Å². The standard InChI is InChI=1S/C35H38F3NO5S/c1-22(16-31(40)43-8)23-14-15-30-26(17-23)28(20-39(30)45(41,42)25-12-10-9-11-13-25)27-18-24(33(2,3)4)19-29(34(5,6)7)32(27)44-21-35(36,37)38/h9-20H,21H2,1-8H3. The molecule has 0 aliphatic carbocycles. The number of methoxy groups -OCH3 is 1. The van der Waals surface area contributed by atoms with E-state index in [1.165, 1.54) is 31.5 Å². The number of allylic oxidation sites excluding steroid dienone is 1. The van der Waals surface area contributed by atoms with Gasteiger partial charge in [-0.3, -0.25) is 0 Å². The lowest BCUT2D eigenvalue weighted by atomic mass is 9.78. The van der Waals surface area contributed by atoms with Gasteiger partial charge in [0.15, 0.2) is 6.61 Å². The molecule has 1 heterocycles. The van der Waals surface area contributed by atoms with Crippen LogP contribution in [-0.2, 0) is 30.4 Å². The van der Waals surface area contributed by atoms with Gasteiger partial charge in [0.25, 0.3) is 10.0 Å². The first kappa shape index (κ1) is 33.8. The summed E-state index contributed by atoms with van der Waals surface area (Å²) in [7, 11) is -2.86. The number of ether oxygens (including phenoxy) is 2. The van der Waals surface area contributed by atoms with Gasteiger partial charge < -0.3 is 9.47 Å². The Labute approximate surface area is 262 Å². The maximum absolute atomic E-state index is 14.0. The summed E-state index contributed by atoms with van der Waals surface area (Å²) in [5.74, 6) is -0.538. The van der Waals surface area contributed by atoms with Gasteiger partial charge in [-0.15, -0.1) is 0 Å². The predicted molar refractivity (Wildman–Crippen MR) is 171 cm³/mol. The molecule has 0 N–H and O–H groups in total. The molecule has 45 heavy (non-hydrogen) atoms. The van der Waals surface area contributed by atoms with Crippen LogP contribution in [0.25, 0.3) is 27.6 Å². The molecular weight excluding hydrogens is 603 g/mol. The van der Waals surface area contributed by atoms with Crippen molar-refractivity contribution >= 4 is 32.5 Å². The summed E-state index contributed by atoms with van der Waals surface area (Å²) in [5, 5.41) is 0.451. The third kappa shape index (κ3) is 7.27. The number of fused-ring (bicyclic) bond motifs is 1. The fraction of sp³-hybridized carbons (Fsp3) is 0.343. The van der Waals surface area contributed by atoms with E-state index in [1.54, 1.807) is 49.4 Å². The molecule has 0 spiro atoms. The van der Waals surface area contributed by atoms with Crippen LogP contribution in [0.5, 0.6) is 5.75 Å². The van der Waals surface area contributed by atoms with Gasteiger partial charge in [-0.1, -0.05) is 71.9 Å². The summed E-state index contributed by atoms with van der Waals surface area (Å²) in [6.07, 6.45) is -1.86. The number of benzene rings is 3. The molecule has 0 atom stereocenters. The Kier molecular flexibility index (Phi) is 9.05. The van der Waals surface area contributed by atoms with E-state index in [-0.39, 0.29) is 10.6 Å². The van der Waals surface area contributed by atoms with E-state index in [4.69, 9.17) is 9.47 Å². The highest BCUT2D eigenvalue weighted by molar-refractivity contribution is 7.90. The Bertz CT molecular complexity index is 1870. The van der Waals surface area contributed by atoms with Gasteiger partial charge in [0.2, 0.25) is 0 Å². The maximum Gasteiger partial charge on any atom is 0.422 e. The Morgan fingerprint density at radius 2 is 1.53 bits per heavy atom. The second-order valence-corrected chi connectivity index (χ2v) is 14.9. The second-order valence-electron chi connectivity index (χ2n) is 13.0. The third-order valence-electron chi connectivity index (χ3n) is 7.49. The van der Waals surface area contributed by atoms with Crippen molar-refractivity contribution in [2.75, 3.05) is 13.7 Å². The van der Waals surface area contributed by atoms with Gasteiger partial charge in [0.05, 0.1) is 17.5 Å². The zero-order chi connectivity index (χ0) is 33.5. The lowest BCUT2D eigenvalue weighted by molar-refractivity contribution is -0.153. The Hall–Kier alpha value is -4.05. The number of hydrogen-bond acceptors (Lipinski definition) is 5. The molecule has 0 fully saturated rings. The molecule has 0 saturated heterocycles. The van der Waals surface area contributed by atoms with Crippen molar-refractivity contribution in [2.45, 2.75) is 70.4 Å². The molecule has 10 heteroatoms. The number of rotatable bonds is 7. The number of aromatic nitrogens is 1. The van der Waals surface area contributed by atoms with Crippen molar-refractivity contribution in [3.05, 3.63) is 89.6 Å². The zero-order valence-corrected chi connectivity index (χ0v) is 27.5. The minimum Gasteiger partial charge on any atom is -0.483 e. The second kappa shape index (κ2) is 12.0. The van der Waals surface area contributed by atoms with E-state index < -0.39 is 39.6 Å². The van der Waals surface area contributed by atoms with E-state index in [2.05, 4.69) is 0 Å². The molecule has 3 aromatic carbocycles. The summed E-state index contributed by atoms with van der Waals surface area (Å²) in [5.41, 5.74) is 2.52. The first-order chi connectivity index (χ1) is 20.7. The number of halogens is 3. The summed E-state index contributed by atoms with van der Waals surface area (Å²) in [4.78, 5) is 12.1. The van der Waals surface area contributed by atoms with Gasteiger partial charge in [-0.05, 0) is 64.8 Å². The molecule has 6 nitrogen and oxygen atoms in total. The molecule has 4 aromatic rings. The average molecular weight is 642 g/mol. The summed E-state index contributed by atoms with van der Waals surface area (Å²) >= 11 is 0. The molecule has 0 unspecified atom stereocenters. The van der Waals surface area contributed by atoms with Gasteiger partial charge in [0, 0.05) is 34.3 Å². The fourth-order valence-corrected chi connectivity index (χ4v) is 6.40. The summed E-state index contributed by atoms with van der Waals surface area (Å²) in [6, 6.07) is 16.6. The SMILES string of the molecule is COC(=O)C=C(C)c1ccc2c(c1)c(-c1cc(C(C)(C)C)cc(C(C)(C)C)c1OCC(F)(F)F)cn2S(=O)(=O)c1ccccc1. The molecule has 1 aromatic heterocycles. The molecule has 0 bridgehead atoms. The number of carbonyl (C=O) groups is 1. The average Bonchev–Trinajstić information content (AvgIpc) is 3.34. The van der Waals surface area contributed by atoms with E-state index in [0.717, 1.165) is 9.54 Å². The van der Waals surface area contributed by atoms with Crippen LogP contribution in [0, 0.1) is 0 Å². The Balaban J connectivity index is 2.17. The Morgan fingerprint density at radius 3 is 2.09 bits per heavy atom. The van der Waals surface area contributed by atoms with Crippen LogP contribution >= 0.6 is 0 Å². The number of alkyl halides is 3. The van der Waals surface area contributed by atoms with Crippen molar-refractivity contribution in [3.63, 3.8) is 0 Å². The molecule has 0 aliphatic rings. The monoisotopic (exact) mass is 641 g/mol. The maximum atomic E-state index is 14.0. The van der Waals surface area contributed by atoms with Crippen molar-refractivity contribution in [1.29, 1.82) is 0 Å². The van der Waals surface area contributed by atoms with Crippen molar-refractivity contribution in [3.8, 4) is 16.9 Å². The zero-order valence-electron chi connectivity index (χ0n) is 26.7. The molecule has 4 rings (SSSR count). The summed E-state index contributed by atoms with van der Waals surface area (Å²) in [6.45, 7) is 11.9. The minimum atomic E-state index is -4.61. The lowest BCUT2D eigenvalue weighted by Gasteiger charge is -2.29. The van der Waals surface area contributed by atoms with Gasteiger partial charge in [0.1, 0.15) is 5.75 Å². The van der Waals surface area contributed by atoms with E-state index in [0.29, 0.717) is 38.7 Å². The van der Waals surface area contributed by atoms with Crippen LogP contribution in [0.2, 0.25) is 0 Å². The highest BCUT2D eigenvalue weighted by atomic mass is 32.2. The topological polar surface area (TPSA) is 74.6 Å². The molecular formula is C35H38F3NO5S. The minimum absolute atomic E-state index is 0.0243. The van der Waals surface area contributed by atoms with Gasteiger partial charge in [-0.2, -0.15) is 13.2 Å². The lowest BCUT2D eigenvalue weighted by Crippen LogP contribution is -2.23. The van der Waals surface area contributed by atoms with Gasteiger partial charge >= 0.3 is 12.1 Å². The van der Waals surface area contributed by atoms with Crippen LogP contribution in [0.1, 0.15) is 65.2 Å². The Morgan fingerprint density at radius 1 is 0.889 bits per heavy atom. The molecule has 0 aliphatic heterocycles. The number of nitrogens with zero attached hydrogens (tertiary/aromatic N) is 1. The summed E-state index contributed by atoms with van der Waals surface area (Å²) < 4.78 is 80.3. The molecule has 0 radical (unpaired) electrons. The normalized spacial score (nSPS) is 13.3. The van der Waals surface area contributed by atoms with Gasteiger partial charge in [-0.25, -0.2) is 17.2 Å². The predicted octanol–water partition coefficient (Wildman–Crippen LogP) is 8.66. The largest absolute Gasteiger partial charge is 0.483 e. The van der Waals surface area contributed by atoms with Crippen molar-refractivity contribution < 1.29 is 35.9 Å². The number of esters is 1. The molecule has 0 saturated carbocycles. The molecule has 0 amide bonds. The quantitative estimate of drug-likeness (QED) is 0.149. The highest BCUT2D eigenvalue weighted by Gasteiger charge is 2.33. The number of carbonyl (C=O) groups excluding carboxylic acids is 1. The van der Waals surface area contributed by atoms with Crippen LogP contribution in [-0.4, -0.2) is 38.3 Å². The first-order valence-electron chi connectivity index (χ1n) is 14.4. The van der Waals surface area contributed by atoms with Crippen LogP contribution in [0.4, 0.5) is 13.2 Å². The first-order valence-corrected chi connectivity index (χ1v) is 15.8. The van der Waals surface area contributed by atoms with E-state index in [9.17, 15) is 26.4 Å². The van der Waals surface area contributed by atoms with Crippen molar-refractivity contribution in [2.24, 2.45) is 0 Å². The van der Waals surface area contributed by atoms with E-state index in [1.807, 2.05) is 47.6 Å². The third-order valence-corrected chi connectivity index (χ3v) is 9.18. The molecule has 240 valence electrons.